The molecule has 2 aliphatic rings. The molecule has 2 aliphatic heterocycles. The van der Waals surface area contributed by atoms with Crippen LogP contribution in [0.15, 0.2) is 0 Å². The van der Waals surface area contributed by atoms with Crippen LogP contribution in [0.3, 0.4) is 0 Å². The van der Waals surface area contributed by atoms with Crippen LogP contribution in [0.2, 0.25) is 0 Å². The quantitative estimate of drug-likeness (QED) is 0.448. The first kappa shape index (κ1) is 18.2. The SMILES string of the molecule is O=C1CC(CC(=O)OCCCCOC(=O)CC2CNC(=O)C2)CN1. The maximum absolute atomic E-state index is 11.6. The van der Waals surface area contributed by atoms with Crippen LogP contribution in [0.4, 0.5) is 0 Å². The standard InChI is InChI=1S/C16H24N2O6/c19-13-5-11(9-17-13)7-15(21)23-3-1-2-4-24-16(22)8-12-6-14(20)18-10-12/h11-12H,1-10H2,(H,17,19)(H,18,20). The highest BCUT2D eigenvalue weighted by molar-refractivity contribution is 5.80. The molecule has 2 amide bonds. The summed E-state index contributed by atoms with van der Waals surface area (Å²) in [6, 6.07) is 0. The first-order chi connectivity index (χ1) is 11.5. The van der Waals surface area contributed by atoms with Crippen LogP contribution in [0.1, 0.15) is 38.5 Å². The lowest BCUT2D eigenvalue weighted by Crippen LogP contribution is -2.17. The van der Waals surface area contributed by atoms with Crippen molar-refractivity contribution in [1.82, 2.24) is 10.6 Å². The topological polar surface area (TPSA) is 111 Å². The zero-order valence-corrected chi connectivity index (χ0v) is 13.7. The number of hydrogen-bond acceptors (Lipinski definition) is 6. The monoisotopic (exact) mass is 340 g/mol. The van der Waals surface area contributed by atoms with Gasteiger partial charge in [-0.1, -0.05) is 0 Å². The lowest BCUT2D eigenvalue weighted by atomic mass is 10.1. The highest BCUT2D eigenvalue weighted by atomic mass is 16.5. The Morgan fingerprint density at radius 1 is 0.833 bits per heavy atom. The molecule has 2 fully saturated rings. The van der Waals surface area contributed by atoms with Gasteiger partial charge in [0.2, 0.25) is 11.8 Å². The predicted octanol–water partition coefficient (Wildman–Crippen LogP) is -0.0946. The van der Waals surface area contributed by atoms with Crippen molar-refractivity contribution in [2.45, 2.75) is 38.5 Å². The number of carbonyl (C=O) groups excluding carboxylic acids is 4. The first-order valence-electron chi connectivity index (χ1n) is 8.37. The van der Waals surface area contributed by atoms with Crippen LogP contribution in [-0.4, -0.2) is 50.1 Å². The smallest absolute Gasteiger partial charge is 0.306 e. The van der Waals surface area contributed by atoms with Gasteiger partial charge in [-0.2, -0.15) is 0 Å². The van der Waals surface area contributed by atoms with E-state index in [1.165, 1.54) is 0 Å². The minimum Gasteiger partial charge on any atom is -0.466 e. The molecule has 0 aromatic carbocycles. The number of nitrogens with one attached hydrogen (secondary N) is 2. The normalized spacial score (nSPS) is 22.8. The van der Waals surface area contributed by atoms with E-state index in [-0.39, 0.29) is 61.6 Å². The third-order valence-electron chi connectivity index (χ3n) is 4.10. The van der Waals surface area contributed by atoms with Crippen LogP contribution < -0.4 is 10.6 Å². The van der Waals surface area contributed by atoms with E-state index in [0.717, 1.165) is 0 Å². The van der Waals surface area contributed by atoms with E-state index in [9.17, 15) is 19.2 Å². The summed E-state index contributed by atoms with van der Waals surface area (Å²) < 4.78 is 10.2. The van der Waals surface area contributed by atoms with Crippen molar-refractivity contribution >= 4 is 23.8 Å². The van der Waals surface area contributed by atoms with Crippen LogP contribution in [0.25, 0.3) is 0 Å². The molecule has 0 spiro atoms. The molecule has 8 heteroatoms. The molecule has 0 radical (unpaired) electrons. The second kappa shape index (κ2) is 9.24. The molecule has 2 rings (SSSR count). The summed E-state index contributed by atoms with van der Waals surface area (Å²) in [7, 11) is 0. The molecule has 8 nitrogen and oxygen atoms in total. The Kier molecular flexibility index (Phi) is 7.02. The molecule has 134 valence electrons. The fourth-order valence-electron chi connectivity index (χ4n) is 2.78. The average Bonchev–Trinajstić information content (AvgIpc) is 3.11. The van der Waals surface area contributed by atoms with Gasteiger partial charge in [-0.25, -0.2) is 0 Å². The van der Waals surface area contributed by atoms with Gasteiger partial charge in [0.15, 0.2) is 0 Å². The molecule has 2 heterocycles. The highest BCUT2D eigenvalue weighted by Crippen LogP contribution is 2.15. The lowest BCUT2D eigenvalue weighted by Gasteiger charge is -2.09. The Balaban J connectivity index is 1.43. The van der Waals surface area contributed by atoms with Crippen LogP contribution >= 0.6 is 0 Å². The van der Waals surface area contributed by atoms with Gasteiger partial charge in [0.25, 0.3) is 0 Å². The molecule has 2 N–H and O–H groups in total. The maximum Gasteiger partial charge on any atom is 0.306 e. The van der Waals surface area contributed by atoms with E-state index in [1.54, 1.807) is 0 Å². The molecule has 0 aliphatic carbocycles. The third-order valence-corrected chi connectivity index (χ3v) is 4.10. The Labute approximate surface area is 140 Å². The van der Waals surface area contributed by atoms with Gasteiger partial charge in [0.1, 0.15) is 0 Å². The number of amides is 2. The fourth-order valence-corrected chi connectivity index (χ4v) is 2.78. The Hall–Kier alpha value is -2.12. The van der Waals surface area contributed by atoms with Gasteiger partial charge in [0.05, 0.1) is 26.1 Å². The van der Waals surface area contributed by atoms with Gasteiger partial charge >= 0.3 is 11.9 Å². The highest BCUT2D eigenvalue weighted by Gasteiger charge is 2.25. The van der Waals surface area contributed by atoms with E-state index < -0.39 is 0 Å². The molecular formula is C16H24N2O6. The van der Waals surface area contributed by atoms with Crippen molar-refractivity contribution < 1.29 is 28.7 Å². The Morgan fingerprint density at radius 3 is 1.58 bits per heavy atom. The van der Waals surface area contributed by atoms with E-state index in [4.69, 9.17) is 9.47 Å². The van der Waals surface area contributed by atoms with Gasteiger partial charge in [-0.3, -0.25) is 19.2 Å². The second-order valence-electron chi connectivity index (χ2n) is 6.30. The molecular weight excluding hydrogens is 316 g/mol. The zero-order chi connectivity index (χ0) is 17.4. The van der Waals surface area contributed by atoms with Crippen LogP contribution in [-0.2, 0) is 28.7 Å². The average molecular weight is 340 g/mol. The summed E-state index contributed by atoms with van der Waals surface area (Å²) in [5.74, 6) is -0.579. The van der Waals surface area contributed by atoms with Crippen molar-refractivity contribution in [2.24, 2.45) is 11.8 Å². The molecule has 2 atom stereocenters. The second-order valence-corrected chi connectivity index (χ2v) is 6.30. The summed E-state index contributed by atoms with van der Waals surface area (Å²) in [4.78, 5) is 45.2. The Morgan fingerprint density at radius 2 is 1.25 bits per heavy atom. The van der Waals surface area contributed by atoms with Gasteiger partial charge in [-0.15, -0.1) is 0 Å². The summed E-state index contributed by atoms with van der Waals surface area (Å²) in [6.45, 7) is 1.63. The van der Waals surface area contributed by atoms with E-state index >= 15 is 0 Å². The fraction of sp³-hybridized carbons (Fsp3) is 0.750. The summed E-state index contributed by atoms with van der Waals surface area (Å²) in [6.07, 6.45) is 2.50. The van der Waals surface area contributed by atoms with E-state index in [0.29, 0.717) is 38.8 Å². The van der Waals surface area contributed by atoms with Crippen LogP contribution in [0.5, 0.6) is 0 Å². The largest absolute Gasteiger partial charge is 0.466 e. The van der Waals surface area contributed by atoms with Gasteiger partial charge < -0.3 is 20.1 Å². The minimum absolute atomic E-state index is 0.0210. The van der Waals surface area contributed by atoms with Crippen LogP contribution in [0, 0.1) is 11.8 Å². The predicted molar refractivity (Wildman–Crippen MR) is 82.6 cm³/mol. The molecule has 0 bridgehead atoms. The lowest BCUT2D eigenvalue weighted by molar-refractivity contribution is -0.147. The number of ether oxygens (including phenoxy) is 2. The van der Waals surface area contributed by atoms with E-state index in [2.05, 4.69) is 10.6 Å². The van der Waals surface area contributed by atoms with Crippen molar-refractivity contribution in [1.29, 1.82) is 0 Å². The van der Waals surface area contributed by atoms with Crippen molar-refractivity contribution in [2.75, 3.05) is 26.3 Å². The molecule has 2 saturated heterocycles. The van der Waals surface area contributed by atoms with Crippen molar-refractivity contribution in [3.8, 4) is 0 Å². The molecule has 0 aromatic rings. The number of unbranched alkanes of at least 4 members (excludes halogenated alkanes) is 1. The van der Waals surface area contributed by atoms with E-state index in [1.807, 2.05) is 0 Å². The maximum atomic E-state index is 11.6. The summed E-state index contributed by atoms with van der Waals surface area (Å²) in [5, 5.41) is 5.36. The number of rotatable bonds is 9. The molecule has 0 saturated carbocycles. The first-order valence-corrected chi connectivity index (χ1v) is 8.37. The number of carbonyl (C=O) groups is 4. The summed E-state index contributed by atoms with van der Waals surface area (Å²) in [5.41, 5.74) is 0. The van der Waals surface area contributed by atoms with Crippen molar-refractivity contribution in [3.05, 3.63) is 0 Å². The summed E-state index contributed by atoms with van der Waals surface area (Å²) >= 11 is 0. The number of esters is 2. The van der Waals surface area contributed by atoms with Gasteiger partial charge in [-0.05, 0) is 24.7 Å². The zero-order valence-electron chi connectivity index (χ0n) is 13.7. The van der Waals surface area contributed by atoms with Gasteiger partial charge in [0, 0.05) is 25.9 Å². The third kappa shape index (κ3) is 6.55. The number of hydrogen-bond donors (Lipinski definition) is 2. The van der Waals surface area contributed by atoms with Crippen molar-refractivity contribution in [3.63, 3.8) is 0 Å². The molecule has 0 aromatic heterocycles. The minimum atomic E-state index is -0.299. The Bertz CT molecular complexity index is 449. The molecule has 2 unspecified atom stereocenters. The molecule has 24 heavy (non-hydrogen) atoms.